The molecule has 0 amide bonds. The summed E-state index contributed by atoms with van der Waals surface area (Å²) in [6, 6.07) is -0.834. The summed E-state index contributed by atoms with van der Waals surface area (Å²) in [7, 11) is 0. The van der Waals surface area contributed by atoms with Crippen LogP contribution in [0.5, 0.6) is 0 Å². The molecule has 0 aromatic heterocycles. The van der Waals surface area contributed by atoms with Crippen molar-refractivity contribution in [3.63, 3.8) is 0 Å². The number of nitrogens with one attached hydrogen (secondary N) is 2. The standard InChI is InChI=1S/C6H14N4O3/c7-4(5(11)13-12)2-1-3-10-6(8)9/h4,12H,1-3,7H2,(H4,8,9,10)/t4-/m0/s1. The van der Waals surface area contributed by atoms with E-state index in [1.165, 1.54) is 0 Å². The van der Waals surface area contributed by atoms with Gasteiger partial charge in [-0.15, -0.1) is 0 Å². The number of hydrogen-bond donors (Lipinski definition) is 5. The van der Waals surface area contributed by atoms with E-state index in [1.807, 2.05) is 0 Å². The Bertz CT molecular complexity index is 185. The minimum atomic E-state index is -0.858. The van der Waals surface area contributed by atoms with Crippen LogP contribution in [0.3, 0.4) is 0 Å². The Balaban J connectivity index is 3.42. The fourth-order valence-corrected chi connectivity index (χ4v) is 0.731. The summed E-state index contributed by atoms with van der Waals surface area (Å²) in [5, 5.41) is 17.3. The van der Waals surface area contributed by atoms with Gasteiger partial charge in [0.05, 0.1) is 0 Å². The van der Waals surface area contributed by atoms with E-state index in [1.54, 1.807) is 0 Å². The van der Waals surface area contributed by atoms with Crippen molar-refractivity contribution in [1.29, 1.82) is 5.41 Å². The van der Waals surface area contributed by atoms with Crippen LogP contribution in [0.4, 0.5) is 0 Å². The molecular formula is C6H14N4O3. The van der Waals surface area contributed by atoms with Crippen LogP contribution < -0.4 is 16.8 Å². The summed E-state index contributed by atoms with van der Waals surface area (Å²) < 4.78 is 0. The molecule has 0 saturated heterocycles. The molecule has 0 unspecified atom stereocenters. The Morgan fingerprint density at radius 3 is 2.77 bits per heavy atom. The van der Waals surface area contributed by atoms with Gasteiger partial charge in [0, 0.05) is 6.54 Å². The molecule has 0 rings (SSSR count). The van der Waals surface area contributed by atoms with Crippen molar-refractivity contribution >= 4 is 11.9 Å². The van der Waals surface area contributed by atoms with Crippen molar-refractivity contribution in [1.82, 2.24) is 5.32 Å². The molecule has 0 saturated carbocycles. The molecule has 7 nitrogen and oxygen atoms in total. The van der Waals surface area contributed by atoms with Crippen LogP contribution in [-0.4, -0.2) is 29.8 Å². The summed E-state index contributed by atoms with van der Waals surface area (Å²) >= 11 is 0. The largest absolute Gasteiger partial charge is 0.370 e. The topological polar surface area (TPSA) is 134 Å². The summed E-state index contributed by atoms with van der Waals surface area (Å²) in [5.74, 6) is -0.985. The van der Waals surface area contributed by atoms with E-state index in [9.17, 15) is 4.79 Å². The van der Waals surface area contributed by atoms with Crippen molar-refractivity contribution in [2.75, 3.05) is 6.54 Å². The fourth-order valence-electron chi connectivity index (χ4n) is 0.731. The number of carbonyl (C=O) groups excluding carboxylic acids is 1. The molecule has 0 bridgehead atoms. The van der Waals surface area contributed by atoms with Crippen LogP contribution in [0, 0.1) is 5.41 Å². The molecule has 0 spiro atoms. The summed E-state index contributed by atoms with van der Waals surface area (Å²) in [6.07, 6.45) is 0.926. The molecule has 0 aliphatic heterocycles. The predicted molar refractivity (Wildman–Crippen MR) is 45.8 cm³/mol. The third kappa shape index (κ3) is 5.88. The van der Waals surface area contributed by atoms with Crippen LogP contribution in [0.15, 0.2) is 0 Å². The average molecular weight is 190 g/mol. The fraction of sp³-hybridized carbons (Fsp3) is 0.667. The molecule has 0 aliphatic carbocycles. The second-order valence-electron chi connectivity index (χ2n) is 2.50. The number of nitrogens with two attached hydrogens (primary N) is 2. The van der Waals surface area contributed by atoms with Gasteiger partial charge in [-0.25, -0.2) is 4.79 Å². The Labute approximate surface area is 75.5 Å². The highest BCUT2D eigenvalue weighted by Gasteiger charge is 2.13. The second-order valence-corrected chi connectivity index (χ2v) is 2.50. The lowest BCUT2D eigenvalue weighted by Gasteiger charge is -2.07. The minimum Gasteiger partial charge on any atom is -0.370 e. The monoisotopic (exact) mass is 190 g/mol. The molecule has 7 heteroatoms. The molecule has 7 N–H and O–H groups in total. The van der Waals surface area contributed by atoms with Crippen molar-refractivity contribution in [2.45, 2.75) is 18.9 Å². The van der Waals surface area contributed by atoms with Gasteiger partial charge in [-0.1, -0.05) is 0 Å². The molecule has 0 aromatic carbocycles. The molecule has 0 heterocycles. The van der Waals surface area contributed by atoms with Crippen molar-refractivity contribution in [3.05, 3.63) is 0 Å². The lowest BCUT2D eigenvalue weighted by atomic mass is 10.2. The predicted octanol–water partition coefficient (Wildman–Crippen LogP) is -1.41. The van der Waals surface area contributed by atoms with E-state index in [0.29, 0.717) is 19.4 Å². The van der Waals surface area contributed by atoms with Gasteiger partial charge in [-0.3, -0.25) is 10.3 Å². The smallest absolute Gasteiger partial charge is 0.358 e. The zero-order valence-electron chi connectivity index (χ0n) is 7.12. The Morgan fingerprint density at radius 2 is 2.31 bits per heavy atom. The quantitative estimate of drug-likeness (QED) is 0.119. The molecular weight excluding hydrogens is 176 g/mol. The second kappa shape index (κ2) is 6.21. The van der Waals surface area contributed by atoms with Crippen molar-refractivity contribution < 1.29 is 14.9 Å². The maximum atomic E-state index is 10.6. The average Bonchev–Trinajstić information content (AvgIpc) is 2.10. The minimum absolute atomic E-state index is 0.127. The van der Waals surface area contributed by atoms with Gasteiger partial charge < -0.3 is 16.8 Å². The first kappa shape index (κ1) is 11.7. The molecule has 1 atom stereocenters. The van der Waals surface area contributed by atoms with E-state index in [0.717, 1.165) is 0 Å². The first-order valence-electron chi connectivity index (χ1n) is 3.76. The number of carbonyl (C=O) groups is 1. The Hall–Kier alpha value is -1.34. The maximum Gasteiger partial charge on any atom is 0.358 e. The van der Waals surface area contributed by atoms with Gasteiger partial charge in [0.15, 0.2) is 5.96 Å². The normalized spacial score (nSPS) is 11.8. The van der Waals surface area contributed by atoms with Gasteiger partial charge in [-0.05, 0) is 12.8 Å². The van der Waals surface area contributed by atoms with Gasteiger partial charge in [0.2, 0.25) is 0 Å². The lowest BCUT2D eigenvalue weighted by Crippen LogP contribution is -2.34. The van der Waals surface area contributed by atoms with E-state index in [2.05, 4.69) is 10.2 Å². The van der Waals surface area contributed by atoms with Crippen molar-refractivity contribution in [2.24, 2.45) is 11.5 Å². The zero-order valence-corrected chi connectivity index (χ0v) is 7.12. The molecule has 13 heavy (non-hydrogen) atoms. The highest BCUT2D eigenvalue weighted by molar-refractivity contribution is 5.75. The maximum absolute atomic E-state index is 10.6. The highest BCUT2D eigenvalue weighted by atomic mass is 17.1. The van der Waals surface area contributed by atoms with Crippen LogP contribution in [0.25, 0.3) is 0 Å². The van der Waals surface area contributed by atoms with Gasteiger partial charge >= 0.3 is 5.97 Å². The van der Waals surface area contributed by atoms with Crippen molar-refractivity contribution in [3.8, 4) is 0 Å². The lowest BCUT2D eigenvalue weighted by molar-refractivity contribution is -0.235. The van der Waals surface area contributed by atoms with Gasteiger partial charge in [0.1, 0.15) is 6.04 Å². The van der Waals surface area contributed by atoms with E-state index in [-0.39, 0.29) is 5.96 Å². The highest BCUT2D eigenvalue weighted by Crippen LogP contribution is 1.94. The van der Waals surface area contributed by atoms with Gasteiger partial charge in [0.25, 0.3) is 0 Å². The molecule has 76 valence electrons. The Morgan fingerprint density at radius 1 is 1.69 bits per heavy atom. The van der Waals surface area contributed by atoms with Crippen LogP contribution in [0.1, 0.15) is 12.8 Å². The summed E-state index contributed by atoms with van der Waals surface area (Å²) in [4.78, 5) is 14.0. The summed E-state index contributed by atoms with van der Waals surface area (Å²) in [5.41, 5.74) is 10.3. The van der Waals surface area contributed by atoms with E-state index >= 15 is 0 Å². The molecule has 0 aliphatic rings. The molecule has 0 aromatic rings. The van der Waals surface area contributed by atoms with Crippen LogP contribution in [-0.2, 0) is 9.68 Å². The number of hydrogen-bond acceptors (Lipinski definition) is 5. The molecule has 0 radical (unpaired) electrons. The van der Waals surface area contributed by atoms with E-state index < -0.39 is 12.0 Å². The number of rotatable bonds is 5. The third-order valence-electron chi connectivity index (χ3n) is 1.40. The van der Waals surface area contributed by atoms with Crippen LogP contribution >= 0.6 is 0 Å². The third-order valence-corrected chi connectivity index (χ3v) is 1.40. The van der Waals surface area contributed by atoms with Crippen LogP contribution in [0.2, 0.25) is 0 Å². The molecule has 0 fully saturated rings. The zero-order chi connectivity index (χ0) is 10.3. The summed E-state index contributed by atoms with van der Waals surface area (Å²) in [6.45, 7) is 0.460. The SMILES string of the molecule is N=C(N)NCCC[C@H](N)C(=O)OO. The Kier molecular flexibility index (Phi) is 5.57. The first-order valence-corrected chi connectivity index (χ1v) is 3.76. The number of guanidine groups is 1. The van der Waals surface area contributed by atoms with E-state index in [4.69, 9.17) is 22.1 Å². The van der Waals surface area contributed by atoms with Gasteiger partial charge in [-0.2, -0.15) is 5.26 Å². The first-order chi connectivity index (χ1) is 6.07.